The third-order valence-corrected chi connectivity index (χ3v) is 1.51. The second-order valence-corrected chi connectivity index (χ2v) is 2.16. The molecule has 0 N–H and O–H groups in total. The van der Waals surface area contributed by atoms with E-state index in [-0.39, 0.29) is 0 Å². The molecule has 0 fully saturated rings. The van der Waals surface area contributed by atoms with Crippen LogP contribution in [0.2, 0.25) is 6.32 Å². The molecule has 0 atom stereocenters. The van der Waals surface area contributed by atoms with Crippen LogP contribution in [0.4, 0.5) is 0 Å². The summed E-state index contributed by atoms with van der Waals surface area (Å²) in [7, 11) is 0. The van der Waals surface area contributed by atoms with Crippen molar-refractivity contribution in [2.24, 2.45) is 0 Å². The molecule has 1 aliphatic rings. The van der Waals surface area contributed by atoms with E-state index in [9.17, 15) is 0 Å². The lowest BCUT2D eigenvalue weighted by molar-refractivity contribution is 1.36. The van der Waals surface area contributed by atoms with Crippen LogP contribution >= 0.6 is 0 Å². The minimum atomic E-state index is 0.726. The van der Waals surface area contributed by atoms with Crippen molar-refractivity contribution in [2.45, 2.75) is 19.7 Å². The van der Waals surface area contributed by atoms with Gasteiger partial charge in [0.25, 0.3) is 0 Å². The average Bonchev–Trinajstić information content (AvgIpc) is 1.90. The van der Waals surface area contributed by atoms with Crippen molar-refractivity contribution in [1.82, 2.24) is 0 Å². The Bertz CT molecular complexity index is 102. The van der Waals surface area contributed by atoms with Gasteiger partial charge in [0, 0.05) is 0 Å². The molecule has 0 aliphatic carbocycles. The standard InChI is InChI=1S/C7H11B/c1-2-8-6-4-3-5-7-8/h4-7H,2-3H2,1H3. The second-order valence-electron chi connectivity index (χ2n) is 2.16. The highest BCUT2D eigenvalue weighted by Crippen LogP contribution is 2.02. The van der Waals surface area contributed by atoms with Gasteiger partial charge >= 0.3 is 0 Å². The number of hydrogen-bond donors (Lipinski definition) is 0. The van der Waals surface area contributed by atoms with Crippen LogP contribution < -0.4 is 0 Å². The van der Waals surface area contributed by atoms with E-state index < -0.39 is 0 Å². The SMILES string of the molecule is CCB1C=CCC=C1. The molecule has 0 aromatic heterocycles. The number of rotatable bonds is 1. The summed E-state index contributed by atoms with van der Waals surface area (Å²) in [6.07, 6.45) is 6.84. The zero-order valence-corrected chi connectivity index (χ0v) is 5.30. The van der Waals surface area contributed by atoms with Crippen molar-refractivity contribution in [3.05, 3.63) is 24.1 Å². The highest BCUT2D eigenvalue weighted by molar-refractivity contribution is 6.69. The molecule has 0 aromatic carbocycles. The van der Waals surface area contributed by atoms with Crippen molar-refractivity contribution in [3.8, 4) is 0 Å². The molecular weight excluding hydrogens is 94.9 g/mol. The van der Waals surface area contributed by atoms with Gasteiger partial charge < -0.3 is 0 Å². The van der Waals surface area contributed by atoms with Crippen LogP contribution in [0.15, 0.2) is 24.1 Å². The lowest BCUT2D eigenvalue weighted by Crippen LogP contribution is -2.04. The highest BCUT2D eigenvalue weighted by Gasteiger charge is 2.01. The van der Waals surface area contributed by atoms with Crippen molar-refractivity contribution >= 4 is 6.71 Å². The van der Waals surface area contributed by atoms with Crippen LogP contribution in [0, 0.1) is 0 Å². The second kappa shape index (κ2) is 2.76. The van der Waals surface area contributed by atoms with Crippen molar-refractivity contribution in [3.63, 3.8) is 0 Å². The van der Waals surface area contributed by atoms with Crippen LogP contribution in [-0.4, -0.2) is 6.71 Å². The summed E-state index contributed by atoms with van der Waals surface area (Å²) in [4.78, 5) is 0. The zero-order valence-electron chi connectivity index (χ0n) is 5.30. The normalized spacial score (nSPS) is 17.4. The molecule has 42 valence electrons. The summed E-state index contributed by atoms with van der Waals surface area (Å²) in [6.45, 7) is 2.94. The molecular formula is C7H11B. The fourth-order valence-electron chi connectivity index (χ4n) is 0.922. The van der Waals surface area contributed by atoms with Gasteiger partial charge in [-0.05, 0) is 6.42 Å². The van der Waals surface area contributed by atoms with Crippen molar-refractivity contribution in [1.29, 1.82) is 0 Å². The summed E-state index contributed by atoms with van der Waals surface area (Å²) in [6, 6.07) is 0. The van der Waals surface area contributed by atoms with Gasteiger partial charge in [-0.1, -0.05) is 25.4 Å². The maximum atomic E-state index is 2.28. The van der Waals surface area contributed by atoms with Gasteiger partial charge in [-0.2, -0.15) is 0 Å². The molecule has 1 aliphatic heterocycles. The first-order valence-corrected chi connectivity index (χ1v) is 3.27. The minimum Gasteiger partial charge on any atom is -0.114 e. The van der Waals surface area contributed by atoms with Crippen molar-refractivity contribution < 1.29 is 0 Å². The Morgan fingerprint density at radius 2 is 2.00 bits per heavy atom. The molecule has 1 heteroatoms. The Balaban J connectivity index is 2.42. The number of allylic oxidation sites excluding steroid dienone is 2. The number of hydrogen-bond acceptors (Lipinski definition) is 0. The van der Waals surface area contributed by atoms with E-state index in [1.165, 1.54) is 6.32 Å². The molecule has 0 saturated carbocycles. The molecule has 0 saturated heterocycles. The van der Waals surface area contributed by atoms with Crippen LogP contribution in [-0.2, 0) is 0 Å². The smallest absolute Gasteiger partial charge is 0.114 e. The van der Waals surface area contributed by atoms with E-state index >= 15 is 0 Å². The summed E-state index contributed by atoms with van der Waals surface area (Å²) >= 11 is 0. The fourth-order valence-corrected chi connectivity index (χ4v) is 0.922. The van der Waals surface area contributed by atoms with Gasteiger partial charge in [0.2, 0.25) is 0 Å². The van der Waals surface area contributed by atoms with Crippen LogP contribution in [0.5, 0.6) is 0 Å². The lowest BCUT2D eigenvalue weighted by Gasteiger charge is -2.00. The van der Waals surface area contributed by atoms with E-state index in [2.05, 4.69) is 31.0 Å². The van der Waals surface area contributed by atoms with E-state index in [1.54, 1.807) is 0 Å². The molecule has 0 unspecified atom stereocenters. The van der Waals surface area contributed by atoms with E-state index in [0.717, 1.165) is 13.1 Å². The van der Waals surface area contributed by atoms with Gasteiger partial charge in [0.15, 0.2) is 6.71 Å². The van der Waals surface area contributed by atoms with E-state index in [4.69, 9.17) is 0 Å². The zero-order chi connectivity index (χ0) is 5.82. The first-order chi connectivity index (χ1) is 3.93. The molecule has 0 amide bonds. The molecule has 1 rings (SSSR count). The minimum absolute atomic E-state index is 0.726. The maximum absolute atomic E-state index is 2.28. The van der Waals surface area contributed by atoms with Crippen LogP contribution in [0.3, 0.4) is 0 Å². The Morgan fingerprint density at radius 3 is 2.38 bits per heavy atom. The van der Waals surface area contributed by atoms with Gasteiger partial charge in [0.1, 0.15) is 0 Å². The molecule has 0 radical (unpaired) electrons. The summed E-state index contributed by atoms with van der Waals surface area (Å²) in [5, 5.41) is 0. The molecule has 8 heavy (non-hydrogen) atoms. The predicted octanol–water partition coefficient (Wildman–Crippen LogP) is 2.10. The third kappa shape index (κ3) is 1.26. The molecule has 1 heterocycles. The molecule has 0 nitrogen and oxygen atoms in total. The molecule has 0 bridgehead atoms. The lowest BCUT2D eigenvalue weighted by atomic mass is 9.46. The van der Waals surface area contributed by atoms with Crippen LogP contribution in [0.1, 0.15) is 13.3 Å². The molecule has 0 spiro atoms. The third-order valence-electron chi connectivity index (χ3n) is 1.51. The Labute approximate surface area is 51.4 Å². The Kier molecular flexibility index (Phi) is 1.96. The fraction of sp³-hybridized carbons (Fsp3) is 0.429. The summed E-state index contributed by atoms with van der Waals surface area (Å²) < 4.78 is 0. The topological polar surface area (TPSA) is 0 Å². The quantitative estimate of drug-likeness (QED) is 0.449. The maximum Gasteiger partial charge on any atom is 0.191 e. The predicted molar refractivity (Wildman–Crippen MR) is 39.1 cm³/mol. The van der Waals surface area contributed by atoms with Crippen LogP contribution in [0.25, 0.3) is 0 Å². The monoisotopic (exact) mass is 106 g/mol. The van der Waals surface area contributed by atoms with Gasteiger partial charge in [-0.15, -0.1) is 12.0 Å². The van der Waals surface area contributed by atoms with Crippen molar-refractivity contribution in [2.75, 3.05) is 0 Å². The average molecular weight is 106 g/mol. The summed E-state index contributed by atoms with van der Waals surface area (Å²) in [5.74, 6) is 4.56. The Morgan fingerprint density at radius 1 is 1.38 bits per heavy atom. The van der Waals surface area contributed by atoms with Gasteiger partial charge in [-0.3, -0.25) is 0 Å². The first kappa shape index (κ1) is 5.68. The van der Waals surface area contributed by atoms with E-state index in [0.29, 0.717) is 0 Å². The largest absolute Gasteiger partial charge is 0.191 e. The highest BCUT2D eigenvalue weighted by atomic mass is 13.8. The Hall–Kier alpha value is -0.455. The van der Waals surface area contributed by atoms with E-state index in [1.807, 2.05) is 0 Å². The molecule has 0 aromatic rings. The summed E-state index contributed by atoms with van der Waals surface area (Å²) in [5.41, 5.74) is 0. The van der Waals surface area contributed by atoms with Gasteiger partial charge in [-0.25, -0.2) is 0 Å². The van der Waals surface area contributed by atoms with Gasteiger partial charge in [0.05, 0.1) is 0 Å². The first-order valence-electron chi connectivity index (χ1n) is 3.27.